The van der Waals surface area contributed by atoms with E-state index in [0.717, 1.165) is 0 Å². The Balaban J connectivity index is 1.10. The Kier molecular flexibility index (Phi) is 11.1. The van der Waals surface area contributed by atoms with Gasteiger partial charge in [0.2, 0.25) is 11.8 Å². The molecule has 288 valence electrons. The molecule has 4 aromatic heterocycles. The molecule has 0 spiro atoms. The molecule has 0 saturated carbocycles. The van der Waals surface area contributed by atoms with Crippen molar-refractivity contribution in [3.8, 4) is 45.3 Å². The number of amides is 2. The smallest absolute Gasteiger partial charge is 0.407 e. The zero-order valence-corrected chi connectivity index (χ0v) is 32.0. The molecule has 1 aromatic carbocycles. The number of likely N-dealkylation sites (tertiary alicyclic amines) is 2. The monoisotopic (exact) mass is 793 g/mol. The van der Waals surface area contributed by atoms with Gasteiger partial charge in [-0.15, -0.1) is 0 Å². The molecule has 2 fully saturated rings. The first-order chi connectivity index (χ1) is 26.4. The van der Waals surface area contributed by atoms with E-state index in [0.29, 0.717) is 111 Å². The number of fused-ring (bicyclic) bond motifs is 1. The van der Waals surface area contributed by atoms with Crippen molar-refractivity contribution >= 4 is 40.8 Å². The van der Waals surface area contributed by atoms with E-state index in [1.807, 2.05) is 24.4 Å². The first-order valence-corrected chi connectivity index (χ1v) is 18.5. The van der Waals surface area contributed by atoms with Gasteiger partial charge in [-0.2, -0.15) is 0 Å². The fourth-order valence-electron chi connectivity index (χ4n) is 7.02. The summed E-state index contributed by atoms with van der Waals surface area (Å²) >= 11 is 14.2. The number of halogens is 4. The number of piperidine rings is 1. The summed E-state index contributed by atoms with van der Waals surface area (Å²) in [6.07, 6.45) is 5.46. The molecular formula is C39H39Cl2F2N7O5. The molecule has 12 nitrogen and oxygen atoms in total. The van der Waals surface area contributed by atoms with Crippen LogP contribution in [0.25, 0.3) is 39.3 Å². The van der Waals surface area contributed by atoms with E-state index in [-0.39, 0.29) is 31.5 Å². The molecule has 2 aliphatic rings. The van der Waals surface area contributed by atoms with Gasteiger partial charge in [0.05, 0.1) is 54.4 Å². The predicted octanol–water partition coefficient (Wildman–Crippen LogP) is 7.53. The van der Waals surface area contributed by atoms with E-state index in [9.17, 15) is 18.4 Å². The Morgan fingerprint density at radius 1 is 0.964 bits per heavy atom. The van der Waals surface area contributed by atoms with Crippen LogP contribution in [0.15, 0.2) is 61.1 Å². The van der Waals surface area contributed by atoms with E-state index in [2.05, 4.69) is 15.3 Å². The number of pyridine rings is 3. The van der Waals surface area contributed by atoms with Crippen LogP contribution in [0, 0.1) is 0 Å². The van der Waals surface area contributed by atoms with Gasteiger partial charge in [0.25, 0.3) is 5.92 Å². The highest BCUT2D eigenvalue weighted by Crippen LogP contribution is 2.42. The van der Waals surface area contributed by atoms with Gasteiger partial charge in [-0.05, 0) is 24.3 Å². The maximum Gasteiger partial charge on any atom is 0.407 e. The van der Waals surface area contributed by atoms with Gasteiger partial charge < -0.3 is 28.8 Å². The first kappa shape index (κ1) is 38.2. The molecule has 0 atom stereocenters. The molecule has 0 radical (unpaired) electrons. The first-order valence-electron chi connectivity index (χ1n) is 17.8. The lowest BCUT2D eigenvalue weighted by atomic mass is 10.00. The number of nitrogens with one attached hydrogen (secondary N) is 1. The summed E-state index contributed by atoms with van der Waals surface area (Å²) in [6.45, 7) is 3.06. The highest BCUT2D eigenvalue weighted by molar-refractivity contribution is 6.39. The van der Waals surface area contributed by atoms with Crippen LogP contribution in [0.2, 0.25) is 10.0 Å². The lowest BCUT2D eigenvalue weighted by molar-refractivity contribution is -0.130. The lowest BCUT2D eigenvalue weighted by Gasteiger charge is -2.30. The van der Waals surface area contributed by atoms with Crippen molar-refractivity contribution in [1.29, 1.82) is 0 Å². The Labute approximate surface area is 326 Å². The third-order valence-corrected chi connectivity index (χ3v) is 10.7. The van der Waals surface area contributed by atoms with E-state index in [1.54, 1.807) is 50.9 Å². The lowest BCUT2D eigenvalue weighted by Crippen LogP contribution is -2.41. The SMILES string of the molecule is COc1nc(-c2cccc(-c3ccnc(-c4cc(OC)c5nc(CN6CCC(F)(F)C6)cn5c4)c3Cl)c2Cl)ccc1CNC(=O)OC1CCN(C(C)=O)CC1. The number of aromatic nitrogens is 4. The summed E-state index contributed by atoms with van der Waals surface area (Å²) in [6, 6.07) is 12.7. The molecule has 2 saturated heterocycles. The third kappa shape index (κ3) is 8.31. The number of benzene rings is 1. The van der Waals surface area contributed by atoms with Crippen molar-refractivity contribution in [2.45, 2.75) is 51.3 Å². The number of alkyl carbamates (subject to hydrolysis) is 1. The molecule has 5 aromatic rings. The topological polar surface area (TPSA) is 123 Å². The molecule has 2 aliphatic heterocycles. The molecular weight excluding hydrogens is 755 g/mol. The average Bonchev–Trinajstić information content (AvgIpc) is 3.75. The van der Waals surface area contributed by atoms with Crippen LogP contribution in [0.3, 0.4) is 0 Å². The van der Waals surface area contributed by atoms with Gasteiger partial charge in [0.15, 0.2) is 11.4 Å². The molecule has 55 heavy (non-hydrogen) atoms. The second-order valence-corrected chi connectivity index (χ2v) is 14.4. The van der Waals surface area contributed by atoms with E-state index < -0.39 is 12.0 Å². The van der Waals surface area contributed by atoms with Crippen molar-refractivity contribution in [3.63, 3.8) is 0 Å². The minimum atomic E-state index is -2.69. The van der Waals surface area contributed by atoms with Gasteiger partial charge in [0.1, 0.15) is 6.10 Å². The van der Waals surface area contributed by atoms with Gasteiger partial charge in [-0.3, -0.25) is 14.7 Å². The number of methoxy groups -OCH3 is 2. The highest BCUT2D eigenvalue weighted by atomic mass is 35.5. The Morgan fingerprint density at radius 3 is 2.44 bits per heavy atom. The average molecular weight is 795 g/mol. The van der Waals surface area contributed by atoms with Crippen molar-refractivity contribution in [2.75, 3.05) is 40.4 Å². The summed E-state index contributed by atoms with van der Waals surface area (Å²) in [5.74, 6) is -1.90. The molecule has 0 unspecified atom stereocenters. The van der Waals surface area contributed by atoms with Crippen molar-refractivity contribution < 1.29 is 32.6 Å². The highest BCUT2D eigenvalue weighted by Gasteiger charge is 2.38. The number of alkyl halides is 2. The second kappa shape index (κ2) is 16.0. The van der Waals surface area contributed by atoms with E-state index >= 15 is 0 Å². The number of hydrogen-bond acceptors (Lipinski definition) is 9. The van der Waals surface area contributed by atoms with E-state index in [4.69, 9.17) is 42.4 Å². The van der Waals surface area contributed by atoms with Crippen LogP contribution in [0.5, 0.6) is 11.6 Å². The van der Waals surface area contributed by atoms with Crippen LogP contribution in [0.1, 0.15) is 37.4 Å². The molecule has 16 heteroatoms. The number of ether oxygens (including phenoxy) is 3. The Morgan fingerprint density at radius 2 is 1.73 bits per heavy atom. The minimum absolute atomic E-state index is 0.0148. The number of nitrogens with zero attached hydrogens (tertiary/aromatic N) is 6. The minimum Gasteiger partial charge on any atom is -0.493 e. The fraction of sp³-hybridized carbons (Fsp3) is 0.359. The van der Waals surface area contributed by atoms with Crippen LogP contribution < -0.4 is 14.8 Å². The number of carbonyl (C=O) groups is 2. The summed E-state index contributed by atoms with van der Waals surface area (Å²) in [5.41, 5.74) is 5.41. The summed E-state index contributed by atoms with van der Waals surface area (Å²) < 4.78 is 46.3. The van der Waals surface area contributed by atoms with Gasteiger partial charge in [-0.1, -0.05) is 41.4 Å². The zero-order chi connectivity index (χ0) is 38.9. The van der Waals surface area contributed by atoms with Crippen molar-refractivity contribution in [1.82, 2.24) is 34.5 Å². The van der Waals surface area contributed by atoms with Crippen LogP contribution in [-0.4, -0.2) is 93.6 Å². The quantitative estimate of drug-likeness (QED) is 0.153. The summed E-state index contributed by atoms with van der Waals surface area (Å²) in [7, 11) is 3.04. The predicted molar refractivity (Wildman–Crippen MR) is 204 cm³/mol. The van der Waals surface area contributed by atoms with Crippen LogP contribution >= 0.6 is 23.2 Å². The number of carbonyl (C=O) groups excluding carboxylic acids is 2. The fourth-order valence-corrected chi connectivity index (χ4v) is 7.66. The molecule has 7 rings (SSSR count). The van der Waals surface area contributed by atoms with Crippen molar-refractivity contribution in [2.24, 2.45) is 0 Å². The normalized spacial score (nSPS) is 16.0. The second-order valence-electron chi connectivity index (χ2n) is 13.6. The molecule has 0 aliphatic carbocycles. The number of rotatable bonds is 10. The van der Waals surface area contributed by atoms with E-state index in [1.165, 1.54) is 21.1 Å². The molecule has 2 amide bonds. The molecule has 1 N–H and O–H groups in total. The zero-order valence-electron chi connectivity index (χ0n) is 30.5. The summed E-state index contributed by atoms with van der Waals surface area (Å²) in [4.78, 5) is 41.6. The van der Waals surface area contributed by atoms with Crippen LogP contribution in [-0.2, 0) is 22.6 Å². The molecule has 6 heterocycles. The largest absolute Gasteiger partial charge is 0.493 e. The number of hydrogen-bond donors (Lipinski definition) is 1. The maximum absolute atomic E-state index is 13.8. The maximum atomic E-state index is 13.8. The Bertz CT molecular complexity index is 2250. The summed E-state index contributed by atoms with van der Waals surface area (Å²) in [5, 5.41) is 3.52. The van der Waals surface area contributed by atoms with Gasteiger partial charge in [-0.25, -0.2) is 23.5 Å². The molecule has 0 bridgehead atoms. The Hall–Kier alpha value is -5.05. The van der Waals surface area contributed by atoms with Gasteiger partial charge >= 0.3 is 6.09 Å². The standard InChI is InChI=1S/C39H39Cl2F2N7O5/c1-23(51)49-14-10-27(11-15-49)55-38(52)45-18-24-7-8-31(47-37(24)54-3)30-6-4-5-28(33(30)40)29-9-13-44-35(34(29)41)25-17-32(53-2)36-46-26(21-50(36)19-25)20-48-16-12-39(42,43)22-48/h4-9,13,17,19,21,27H,10-12,14-16,18,20,22H2,1-3H3,(H,45,52). The van der Waals surface area contributed by atoms with Gasteiger partial charge in [0, 0.05) is 98.8 Å². The number of imidazole rings is 1. The van der Waals surface area contributed by atoms with Crippen molar-refractivity contribution in [3.05, 3.63) is 82.4 Å². The third-order valence-electron chi connectivity index (χ3n) is 9.87. The van der Waals surface area contributed by atoms with Crippen LogP contribution in [0.4, 0.5) is 13.6 Å².